The second kappa shape index (κ2) is 9.16. The van der Waals surface area contributed by atoms with Gasteiger partial charge in [0.15, 0.2) is 0 Å². The summed E-state index contributed by atoms with van der Waals surface area (Å²) in [6.07, 6.45) is 4.92. The quantitative estimate of drug-likeness (QED) is 0.753. The number of aromatic nitrogens is 2. The van der Waals surface area contributed by atoms with Gasteiger partial charge in [-0.1, -0.05) is 30.3 Å². The number of piperidine rings is 1. The normalized spacial score (nSPS) is 14.6. The van der Waals surface area contributed by atoms with Crippen LogP contribution >= 0.6 is 0 Å². The summed E-state index contributed by atoms with van der Waals surface area (Å²) in [5.74, 6) is -1.07. The number of carboxylic acids is 1. The lowest BCUT2D eigenvalue weighted by molar-refractivity contribution is -0.132. The number of hydrogen-bond donors (Lipinski definition) is 2. The first-order valence-corrected chi connectivity index (χ1v) is 9.39. The Hall–Kier alpha value is -3.16. The van der Waals surface area contributed by atoms with Gasteiger partial charge in [0, 0.05) is 32.3 Å². The Balaban J connectivity index is 1.37. The molecule has 2 amide bonds. The lowest BCUT2D eigenvalue weighted by atomic mass is 10.0. The van der Waals surface area contributed by atoms with Crippen LogP contribution in [0, 0.1) is 0 Å². The number of carboxylic acid groups (broad SMARTS) is 1. The summed E-state index contributed by atoms with van der Waals surface area (Å²) in [5, 5.41) is 15.9. The maximum absolute atomic E-state index is 12.3. The number of nitrogens with zero attached hydrogens (tertiary/aromatic N) is 3. The van der Waals surface area contributed by atoms with Crippen molar-refractivity contribution in [3.05, 3.63) is 53.9 Å². The van der Waals surface area contributed by atoms with Crippen molar-refractivity contribution in [1.82, 2.24) is 20.0 Å². The van der Waals surface area contributed by atoms with Gasteiger partial charge in [-0.15, -0.1) is 0 Å². The molecule has 0 unspecified atom stereocenters. The second-order valence-corrected chi connectivity index (χ2v) is 6.89. The van der Waals surface area contributed by atoms with Crippen molar-refractivity contribution in [2.24, 2.45) is 0 Å². The maximum atomic E-state index is 12.3. The summed E-state index contributed by atoms with van der Waals surface area (Å²) < 4.78 is 1.68. The zero-order valence-electron chi connectivity index (χ0n) is 15.6. The van der Waals surface area contributed by atoms with Crippen LogP contribution in [0.15, 0.2) is 42.7 Å². The van der Waals surface area contributed by atoms with Crippen molar-refractivity contribution >= 4 is 17.8 Å². The minimum atomic E-state index is -0.992. The minimum Gasteiger partial charge on any atom is -0.478 e. The third kappa shape index (κ3) is 5.18. The van der Waals surface area contributed by atoms with Crippen LogP contribution in [0.4, 0.5) is 0 Å². The number of rotatable bonds is 7. The molecule has 3 rings (SSSR count). The molecule has 8 heteroatoms. The molecule has 0 spiro atoms. The van der Waals surface area contributed by atoms with E-state index in [4.69, 9.17) is 5.11 Å². The van der Waals surface area contributed by atoms with Crippen LogP contribution in [0.5, 0.6) is 0 Å². The third-order valence-corrected chi connectivity index (χ3v) is 4.91. The smallest absolute Gasteiger partial charge is 0.338 e. The highest BCUT2D eigenvalue weighted by molar-refractivity contribution is 5.86. The number of benzene rings is 1. The van der Waals surface area contributed by atoms with Crippen molar-refractivity contribution in [1.29, 1.82) is 0 Å². The van der Waals surface area contributed by atoms with E-state index in [-0.39, 0.29) is 29.8 Å². The highest BCUT2D eigenvalue weighted by Gasteiger charge is 2.24. The summed E-state index contributed by atoms with van der Waals surface area (Å²) >= 11 is 0. The lowest BCUT2D eigenvalue weighted by Gasteiger charge is -2.32. The van der Waals surface area contributed by atoms with Crippen LogP contribution in [-0.4, -0.2) is 57.2 Å². The van der Waals surface area contributed by atoms with Gasteiger partial charge in [0.25, 0.3) is 0 Å². The van der Waals surface area contributed by atoms with Crippen molar-refractivity contribution < 1.29 is 19.5 Å². The van der Waals surface area contributed by atoms with Crippen molar-refractivity contribution in [3.63, 3.8) is 0 Å². The fraction of sp³-hybridized carbons (Fsp3) is 0.400. The Morgan fingerprint density at radius 3 is 2.50 bits per heavy atom. The van der Waals surface area contributed by atoms with Crippen LogP contribution in [0.2, 0.25) is 0 Å². The minimum absolute atomic E-state index is 0.0187. The topological polar surface area (TPSA) is 105 Å². The highest BCUT2D eigenvalue weighted by Crippen LogP contribution is 2.22. The van der Waals surface area contributed by atoms with E-state index >= 15 is 0 Å². The second-order valence-electron chi connectivity index (χ2n) is 6.89. The molecular weight excluding hydrogens is 360 g/mol. The molecule has 1 fully saturated rings. The molecule has 0 bridgehead atoms. The van der Waals surface area contributed by atoms with Crippen molar-refractivity contribution in [3.8, 4) is 0 Å². The van der Waals surface area contributed by atoms with E-state index < -0.39 is 5.97 Å². The Kier molecular flexibility index (Phi) is 6.41. The fourth-order valence-electron chi connectivity index (χ4n) is 3.34. The molecule has 0 saturated carbocycles. The van der Waals surface area contributed by atoms with E-state index in [0.717, 1.165) is 18.4 Å². The number of nitrogens with one attached hydrogen (secondary N) is 1. The van der Waals surface area contributed by atoms with Gasteiger partial charge in [0.2, 0.25) is 11.8 Å². The largest absolute Gasteiger partial charge is 0.478 e. The number of carbonyl (C=O) groups is 3. The summed E-state index contributed by atoms with van der Waals surface area (Å²) in [6, 6.07) is 9.58. The van der Waals surface area contributed by atoms with Crippen LogP contribution < -0.4 is 5.32 Å². The first-order valence-electron chi connectivity index (χ1n) is 9.39. The number of hydrogen-bond acceptors (Lipinski definition) is 4. The average molecular weight is 384 g/mol. The van der Waals surface area contributed by atoms with E-state index in [1.165, 1.54) is 12.4 Å². The monoisotopic (exact) mass is 384 g/mol. The summed E-state index contributed by atoms with van der Waals surface area (Å²) in [4.78, 5) is 37.0. The lowest BCUT2D eigenvalue weighted by Crippen LogP contribution is -2.40. The van der Waals surface area contributed by atoms with E-state index in [9.17, 15) is 14.4 Å². The van der Waals surface area contributed by atoms with Crippen LogP contribution in [0.1, 0.15) is 41.2 Å². The van der Waals surface area contributed by atoms with Gasteiger partial charge in [-0.2, -0.15) is 5.10 Å². The molecule has 2 heterocycles. The van der Waals surface area contributed by atoms with E-state index in [2.05, 4.69) is 10.4 Å². The molecule has 1 aromatic carbocycles. The molecule has 2 aromatic rings. The molecule has 8 nitrogen and oxygen atoms in total. The number of likely N-dealkylation sites (tertiary alicyclic amines) is 1. The maximum Gasteiger partial charge on any atom is 0.338 e. The third-order valence-electron chi connectivity index (χ3n) is 4.91. The number of aromatic carboxylic acids is 1. The van der Waals surface area contributed by atoms with Gasteiger partial charge in [0.1, 0.15) is 0 Å². The van der Waals surface area contributed by atoms with E-state index in [1.54, 1.807) is 9.58 Å². The van der Waals surface area contributed by atoms with E-state index in [1.807, 2.05) is 30.3 Å². The first-order chi connectivity index (χ1) is 13.5. The SMILES string of the molecule is O=C(Cc1ccccc1)NCCC(=O)N1CCC(n2cc(C(=O)O)cn2)CC1. The predicted octanol–water partition coefficient (Wildman–Crippen LogP) is 1.49. The Bertz CT molecular complexity index is 826. The zero-order chi connectivity index (χ0) is 19.9. The summed E-state index contributed by atoms with van der Waals surface area (Å²) in [6.45, 7) is 1.53. The molecule has 0 radical (unpaired) electrons. The Labute approximate surface area is 163 Å². The van der Waals surface area contributed by atoms with Gasteiger partial charge in [-0.3, -0.25) is 14.3 Å². The molecule has 0 atom stereocenters. The highest BCUT2D eigenvalue weighted by atomic mass is 16.4. The molecule has 1 aliphatic heterocycles. The van der Waals surface area contributed by atoms with Gasteiger partial charge < -0.3 is 15.3 Å². The fourth-order valence-corrected chi connectivity index (χ4v) is 3.34. The van der Waals surface area contributed by atoms with Gasteiger partial charge in [0.05, 0.1) is 24.2 Å². The predicted molar refractivity (Wildman–Crippen MR) is 102 cm³/mol. The molecule has 1 saturated heterocycles. The van der Waals surface area contributed by atoms with Crippen LogP contribution in [0.3, 0.4) is 0 Å². The first kappa shape index (κ1) is 19.6. The Morgan fingerprint density at radius 1 is 1.14 bits per heavy atom. The number of amides is 2. The van der Waals surface area contributed by atoms with Crippen LogP contribution in [0.25, 0.3) is 0 Å². The van der Waals surface area contributed by atoms with Gasteiger partial charge >= 0.3 is 5.97 Å². The molecule has 1 aromatic heterocycles. The molecule has 2 N–H and O–H groups in total. The number of carbonyl (C=O) groups excluding carboxylic acids is 2. The molecular formula is C20H24N4O4. The molecule has 1 aliphatic rings. The summed E-state index contributed by atoms with van der Waals surface area (Å²) in [5.41, 5.74) is 1.11. The van der Waals surface area contributed by atoms with Gasteiger partial charge in [-0.25, -0.2) is 4.79 Å². The van der Waals surface area contributed by atoms with Crippen molar-refractivity contribution in [2.45, 2.75) is 31.7 Å². The zero-order valence-corrected chi connectivity index (χ0v) is 15.6. The molecule has 148 valence electrons. The molecule has 0 aliphatic carbocycles. The van der Waals surface area contributed by atoms with E-state index in [0.29, 0.717) is 26.1 Å². The average Bonchev–Trinajstić information content (AvgIpc) is 3.19. The standard InChI is InChI=1S/C20H24N4O4/c25-18(12-15-4-2-1-3-5-15)21-9-6-19(26)23-10-7-17(8-11-23)24-14-16(13-22-24)20(27)28/h1-5,13-14,17H,6-12H2,(H,21,25)(H,27,28). The molecule has 28 heavy (non-hydrogen) atoms. The van der Waals surface area contributed by atoms with Crippen molar-refractivity contribution in [2.75, 3.05) is 19.6 Å². The Morgan fingerprint density at radius 2 is 1.86 bits per heavy atom. The summed E-state index contributed by atoms with van der Waals surface area (Å²) in [7, 11) is 0. The van der Waals surface area contributed by atoms with Crippen LogP contribution in [-0.2, 0) is 16.0 Å². The van der Waals surface area contributed by atoms with Gasteiger partial charge in [-0.05, 0) is 18.4 Å².